The first-order valence-electron chi connectivity index (χ1n) is 9.64. The van der Waals surface area contributed by atoms with Gasteiger partial charge < -0.3 is 5.32 Å². The third kappa shape index (κ3) is 3.83. The summed E-state index contributed by atoms with van der Waals surface area (Å²) in [6.45, 7) is 5.97. The topological polar surface area (TPSA) is 84.7 Å². The first-order chi connectivity index (χ1) is 13.7. The number of thiazole rings is 1. The van der Waals surface area contributed by atoms with E-state index in [9.17, 15) is 4.79 Å². The monoisotopic (exact) mass is 396 g/mol. The molecule has 146 valence electrons. The highest BCUT2D eigenvalue weighted by molar-refractivity contribution is 7.14. The van der Waals surface area contributed by atoms with Crippen LogP contribution in [0.4, 0.5) is 5.13 Å². The number of anilines is 1. The van der Waals surface area contributed by atoms with Crippen molar-refractivity contribution >= 4 is 22.4 Å². The van der Waals surface area contributed by atoms with Gasteiger partial charge in [0.2, 0.25) is 0 Å². The van der Waals surface area contributed by atoms with Crippen molar-refractivity contribution in [1.29, 1.82) is 0 Å². The number of aryl methyl sites for hydroxylation is 1. The van der Waals surface area contributed by atoms with Crippen molar-refractivity contribution in [2.24, 2.45) is 0 Å². The van der Waals surface area contributed by atoms with Crippen LogP contribution < -0.4 is 10.6 Å². The van der Waals surface area contributed by atoms with Crippen LogP contribution in [0.25, 0.3) is 11.3 Å². The van der Waals surface area contributed by atoms with Crippen molar-refractivity contribution in [1.82, 2.24) is 25.3 Å². The molecule has 0 spiro atoms. The van der Waals surface area contributed by atoms with Gasteiger partial charge in [-0.3, -0.25) is 10.1 Å². The zero-order valence-corrected chi connectivity index (χ0v) is 16.9. The molecular weight excluding hydrogens is 372 g/mol. The van der Waals surface area contributed by atoms with Crippen LogP contribution in [0.15, 0.2) is 29.6 Å². The molecule has 1 aromatic carbocycles. The summed E-state index contributed by atoms with van der Waals surface area (Å²) in [6, 6.07) is 8.64. The van der Waals surface area contributed by atoms with Crippen molar-refractivity contribution < 1.29 is 4.79 Å². The van der Waals surface area contributed by atoms with E-state index in [-0.39, 0.29) is 5.91 Å². The van der Waals surface area contributed by atoms with Crippen LogP contribution in [0, 0.1) is 6.92 Å². The Morgan fingerprint density at radius 1 is 1.29 bits per heavy atom. The van der Waals surface area contributed by atoms with Crippen LogP contribution in [0.2, 0.25) is 0 Å². The van der Waals surface area contributed by atoms with Gasteiger partial charge in [-0.25, -0.2) is 9.67 Å². The molecule has 1 amide bonds. The lowest BCUT2D eigenvalue weighted by Gasteiger charge is -2.23. The number of rotatable bonds is 5. The number of carbonyl (C=O) groups excluding carboxylic acids is 1. The number of nitrogens with one attached hydrogen (secondary N) is 2. The quantitative estimate of drug-likeness (QED) is 0.690. The van der Waals surface area contributed by atoms with Gasteiger partial charge in [0.1, 0.15) is 0 Å². The predicted molar refractivity (Wildman–Crippen MR) is 111 cm³/mol. The summed E-state index contributed by atoms with van der Waals surface area (Å²) in [5.74, 6) is -0.264. The van der Waals surface area contributed by atoms with E-state index in [0.717, 1.165) is 49.3 Å². The van der Waals surface area contributed by atoms with Crippen LogP contribution in [0.3, 0.4) is 0 Å². The van der Waals surface area contributed by atoms with Gasteiger partial charge in [0.05, 0.1) is 17.4 Å². The third-order valence-electron chi connectivity index (χ3n) is 5.18. The molecule has 0 aliphatic carbocycles. The molecule has 3 heterocycles. The van der Waals surface area contributed by atoms with Crippen LogP contribution in [-0.4, -0.2) is 39.0 Å². The normalized spacial score (nSPS) is 14.9. The Morgan fingerprint density at radius 3 is 2.75 bits per heavy atom. The molecule has 8 heteroatoms. The van der Waals surface area contributed by atoms with Crippen molar-refractivity contribution in [3.8, 4) is 11.3 Å². The summed E-state index contributed by atoms with van der Waals surface area (Å²) < 4.78 is 1.89. The highest BCUT2D eigenvalue weighted by atomic mass is 32.1. The number of aromatic nitrogens is 4. The lowest BCUT2D eigenvalue weighted by Crippen LogP contribution is -2.30. The smallest absolute Gasteiger partial charge is 0.279 e. The van der Waals surface area contributed by atoms with Crippen LogP contribution in [-0.2, 0) is 6.42 Å². The van der Waals surface area contributed by atoms with Crippen molar-refractivity contribution in [3.63, 3.8) is 0 Å². The van der Waals surface area contributed by atoms with E-state index in [1.54, 1.807) is 0 Å². The van der Waals surface area contributed by atoms with Gasteiger partial charge in [0.25, 0.3) is 5.91 Å². The highest BCUT2D eigenvalue weighted by Gasteiger charge is 2.23. The lowest BCUT2D eigenvalue weighted by atomic mass is 10.1. The second-order valence-corrected chi connectivity index (χ2v) is 7.85. The SMILES string of the molecule is CCc1ccc(-c2csc(NC(=O)c3nnn(C4CCNCC4)c3C)n2)cc1. The summed E-state index contributed by atoms with van der Waals surface area (Å²) in [5, 5.41) is 17.1. The summed E-state index contributed by atoms with van der Waals surface area (Å²) in [6.07, 6.45) is 3.01. The lowest BCUT2D eigenvalue weighted by molar-refractivity contribution is 0.102. The summed E-state index contributed by atoms with van der Waals surface area (Å²) in [4.78, 5) is 17.2. The number of benzene rings is 1. The Labute approximate surface area is 168 Å². The fourth-order valence-electron chi connectivity index (χ4n) is 3.48. The van der Waals surface area contributed by atoms with Crippen LogP contribution >= 0.6 is 11.3 Å². The van der Waals surface area contributed by atoms with Gasteiger partial charge in [0.15, 0.2) is 10.8 Å². The Morgan fingerprint density at radius 2 is 2.04 bits per heavy atom. The fraction of sp³-hybridized carbons (Fsp3) is 0.400. The molecule has 4 rings (SSSR count). The minimum absolute atomic E-state index is 0.264. The molecule has 0 bridgehead atoms. The fourth-order valence-corrected chi connectivity index (χ4v) is 4.19. The second-order valence-electron chi connectivity index (χ2n) is 6.99. The average molecular weight is 397 g/mol. The zero-order chi connectivity index (χ0) is 19.5. The summed E-state index contributed by atoms with van der Waals surface area (Å²) in [7, 11) is 0. The summed E-state index contributed by atoms with van der Waals surface area (Å²) >= 11 is 1.41. The highest BCUT2D eigenvalue weighted by Crippen LogP contribution is 2.26. The van der Waals surface area contributed by atoms with E-state index in [4.69, 9.17) is 0 Å². The van der Waals surface area contributed by atoms with E-state index in [0.29, 0.717) is 16.9 Å². The third-order valence-corrected chi connectivity index (χ3v) is 5.94. The Kier molecular flexibility index (Phi) is 5.50. The Bertz CT molecular complexity index is 955. The molecule has 2 aromatic heterocycles. The first-order valence-corrected chi connectivity index (χ1v) is 10.5. The van der Waals surface area contributed by atoms with Crippen LogP contribution in [0.5, 0.6) is 0 Å². The molecule has 3 aromatic rings. The average Bonchev–Trinajstić information content (AvgIpc) is 3.35. The Balaban J connectivity index is 1.47. The minimum atomic E-state index is -0.264. The predicted octanol–water partition coefficient (Wildman–Crippen LogP) is 3.45. The number of hydrogen-bond donors (Lipinski definition) is 2. The number of nitrogens with zero attached hydrogens (tertiary/aromatic N) is 4. The molecule has 7 nitrogen and oxygen atoms in total. The van der Waals surface area contributed by atoms with E-state index in [1.807, 2.05) is 17.0 Å². The molecule has 1 aliphatic rings. The van der Waals surface area contributed by atoms with E-state index < -0.39 is 0 Å². The van der Waals surface area contributed by atoms with E-state index >= 15 is 0 Å². The van der Waals surface area contributed by atoms with Gasteiger partial charge in [-0.05, 0) is 44.8 Å². The van der Waals surface area contributed by atoms with E-state index in [2.05, 4.69) is 57.1 Å². The van der Waals surface area contributed by atoms with Gasteiger partial charge in [0, 0.05) is 10.9 Å². The number of amides is 1. The number of piperidine rings is 1. The molecule has 2 N–H and O–H groups in total. The van der Waals surface area contributed by atoms with Gasteiger partial charge in [-0.2, -0.15) is 0 Å². The second kappa shape index (κ2) is 8.20. The zero-order valence-electron chi connectivity index (χ0n) is 16.1. The van der Waals surface area contributed by atoms with E-state index in [1.165, 1.54) is 16.9 Å². The molecule has 1 fully saturated rings. The first kappa shape index (κ1) is 18.8. The van der Waals surface area contributed by atoms with Crippen molar-refractivity contribution in [3.05, 3.63) is 46.6 Å². The summed E-state index contributed by atoms with van der Waals surface area (Å²) in [5.41, 5.74) is 4.36. The Hall–Kier alpha value is -2.58. The molecule has 1 saturated heterocycles. The van der Waals surface area contributed by atoms with Gasteiger partial charge >= 0.3 is 0 Å². The molecule has 0 atom stereocenters. The molecule has 0 radical (unpaired) electrons. The standard InChI is InChI=1S/C20H24N6OS/c1-3-14-4-6-15(7-5-14)17-12-28-20(22-17)23-19(27)18-13(2)26(25-24-18)16-8-10-21-11-9-16/h4-7,12,16,21H,3,8-11H2,1-2H3,(H,22,23,27). The minimum Gasteiger partial charge on any atom is -0.317 e. The largest absolute Gasteiger partial charge is 0.317 e. The molecule has 28 heavy (non-hydrogen) atoms. The molecular formula is C20H24N6OS. The molecule has 0 saturated carbocycles. The van der Waals surface area contributed by atoms with Gasteiger partial charge in [-0.1, -0.05) is 36.4 Å². The maximum Gasteiger partial charge on any atom is 0.279 e. The maximum atomic E-state index is 12.7. The van der Waals surface area contributed by atoms with Crippen LogP contribution in [0.1, 0.15) is 47.6 Å². The number of hydrogen-bond acceptors (Lipinski definition) is 6. The molecule has 0 unspecified atom stereocenters. The number of carbonyl (C=O) groups is 1. The van der Waals surface area contributed by atoms with Crippen molar-refractivity contribution in [2.45, 2.75) is 39.2 Å². The maximum absolute atomic E-state index is 12.7. The molecule has 1 aliphatic heterocycles. The van der Waals surface area contributed by atoms with Gasteiger partial charge in [-0.15, -0.1) is 16.4 Å². The van der Waals surface area contributed by atoms with Crippen molar-refractivity contribution in [2.75, 3.05) is 18.4 Å².